The molecule has 0 saturated carbocycles. The van der Waals surface area contributed by atoms with E-state index in [-0.39, 0.29) is 11.5 Å². The average Bonchev–Trinajstić information content (AvgIpc) is 3.24. The molecule has 0 atom stereocenters. The largest absolute Gasteiger partial charge is 0.481 e. The fourth-order valence-electron chi connectivity index (χ4n) is 3.57. The number of allylic oxidation sites excluding steroid dienone is 2. The minimum absolute atomic E-state index is 0.227. The number of rotatable bonds is 22. The Bertz CT molecular complexity index is 703. The molecule has 0 aromatic carbocycles. The first-order chi connectivity index (χ1) is 16.0. The van der Waals surface area contributed by atoms with E-state index < -0.39 is 30.4 Å². The van der Waals surface area contributed by atoms with E-state index in [1.807, 2.05) is 0 Å². The molecule has 0 aliphatic rings. The number of hydrogen-bond acceptors (Lipinski definition) is 5. The maximum Gasteiger partial charge on any atom is 0.310 e. The first-order valence-electron chi connectivity index (χ1n) is 12.7. The van der Waals surface area contributed by atoms with Crippen LogP contribution in [0.15, 0.2) is 28.9 Å². The molecule has 186 valence electrons. The number of ketones is 2. The van der Waals surface area contributed by atoms with Crippen molar-refractivity contribution in [3.05, 3.63) is 30.0 Å². The molecule has 0 bridgehead atoms. The summed E-state index contributed by atoms with van der Waals surface area (Å²) in [7, 11) is 0. The highest BCUT2D eigenvalue weighted by atomic mass is 16.6. The SMILES string of the molecule is CCCCCCCC/C=C\CCCCCCCCOc1cc(C(=O)CC(=O)CC(=O)O)co1. The Kier molecular flexibility index (Phi) is 16.6. The predicted octanol–water partition coefficient (Wildman–Crippen LogP) is 7.31. The standard InChI is InChI=1S/C27H42O6/c1-2-3-4-5-6-7-8-9-10-11-12-13-14-15-16-17-18-32-27-19-23(22-33-27)25(29)20-24(28)21-26(30)31/h9-10,19,22H,2-8,11-18,20-21H2,1H3,(H,30,31)/b10-9-. The van der Waals surface area contributed by atoms with E-state index in [2.05, 4.69) is 19.1 Å². The molecule has 0 radical (unpaired) electrons. The number of aliphatic carboxylic acids is 1. The predicted molar refractivity (Wildman–Crippen MR) is 130 cm³/mol. The van der Waals surface area contributed by atoms with Gasteiger partial charge in [-0.15, -0.1) is 0 Å². The number of carboxylic acids is 1. The number of hydrogen-bond donors (Lipinski definition) is 1. The van der Waals surface area contributed by atoms with Gasteiger partial charge in [0.25, 0.3) is 5.95 Å². The Morgan fingerprint density at radius 3 is 2.03 bits per heavy atom. The number of furan rings is 1. The minimum atomic E-state index is -1.24. The highest BCUT2D eigenvalue weighted by Crippen LogP contribution is 2.18. The smallest absolute Gasteiger partial charge is 0.310 e. The van der Waals surface area contributed by atoms with Crippen molar-refractivity contribution in [3.8, 4) is 5.95 Å². The van der Waals surface area contributed by atoms with E-state index in [1.165, 1.54) is 89.4 Å². The van der Waals surface area contributed by atoms with Gasteiger partial charge in [-0.25, -0.2) is 0 Å². The lowest BCUT2D eigenvalue weighted by Crippen LogP contribution is -2.11. The third-order valence-corrected chi connectivity index (χ3v) is 5.50. The summed E-state index contributed by atoms with van der Waals surface area (Å²) in [5, 5.41) is 8.57. The summed E-state index contributed by atoms with van der Waals surface area (Å²) in [5.41, 5.74) is 0.227. The van der Waals surface area contributed by atoms with Crippen LogP contribution in [-0.2, 0) is 9.59 Å². The monoisotopic (exact) mass is 462 g/mol. The fourth-order valence-corrected chi connectivity index (χ4v) is 3.57. The minimum Gasteiger partial charge on any atom is -0.481 e. The molecular weight excluding hydrogens is 420 g/mol. The van der Waals surface area contributed by atoms with Gasteiger partial charge in [-0.3, -0.25) is 14.4 Å². The van der Waals surface area contributed by atoms with Gasteiger partial charge in [0.15, 0.2) is 11.6 Å². The topological polar surface area (TPSA) is 93.8 Å². The summed E-state index contributed by atoms with van der Waals surface area (Å²) in [6.07, 6.45) is 22.3. The first-order valence-corrected chi connectivity index (χ1v) is 12.7. The normalized spacial score (nSPS) is 11.2. The second-order valence-electron chi connectivity index (χ2n) is 8.65. The van der Waals surface area contributed by atoms with Crippen LogP contribution in [0.4, 0.5) is 0 Å². The summed E-state index contributed by atoms with van der Waals surface area (Å²) >= 11 is 0. The molecule has 0 aliphatic carbocycles. The third-order valence-electron chi connectivity index (χ3n) is 5.50. The van der Waals surface area contributed by atoms with Gasteiger partial charge in [0.05, 0.1) is 18.6 Å². The van der Waals surface area contributed by atoms with Crippen molar-refractivity contribution < 1.29 is 28.6 Å². The fraction of sp³-hybridized carbons (Fsp3) is 0.667. The number of Topliss-reactive ketones (excluding diaryl/α,β-unsaturated/α-hetero) is 2. The van der Waals surface area contributed by atoms with Crippen LogP contribution in [0.1, 0.15) is 120 Å². The number of carbonyl (C=O) groups is 3. The highest BCUT2D eigenvalue weighted by Gasteiger charge is 2.17. The second kappa shape index (κ2) is 19.1. The Balaban J connectivity index is 1.96. The van der Waals surface area contributed by atoms with Gasteiger partial charge in [-0.05, 0) is 32.1 Å². The lowest BCUT2D eigenvalue weighted by atomic mass is 10.1. The van der Waals surface area contributed by atoms with Crippen molar-refractivity contribution in [3.63, 3.8) is 0 Å². The van der Waals surface area contributed by atoms with Gasteiger partial charge in [0.1, 0.15) is 12.7 Å². The lowest BCUT2D eigenvalue weighted by molar-refractivity contribution is -0.139. The van der Waals surface area contributed by atoms with Crippen molar-refractivity contribution >= 4 is 17.5 Å². The molecule has 0 aliphatic heterocycles. The second-order valence-corrected chi connectivity index (χ2v) is 8.65. The Labute approximate surface area is 198 Å². The molecule has 0 fully saturated rings. The maximum absolute atomic E-state index is 11.9. The molecule has 0 spiro atoms. The van der Waals surface area contributed by atoms with E-state index in [4.69, 9.17) is 14.3 Å². The molecule has 1 aromatic heterocycles. The molecule has 0 saturated heterocycles. The number of unbranched alkanes of at least 4 members (excludes halogenated alkanes) is 12. The van der Waals surface area contributed by atoms with Crippen LogP contribution in [-0.4, -0.2) is 29.2 Å². The molecule has 6 heteroatoms. The molecule has 1 heterocycles. The third kappa shape index (κ3) is 16.0. The number of carbonyl (C=O) groups excluding carboxylic acids is 2. The van der Waals surface area contributed by atoms with Crippen LogP contribution < -0.4 is 4.74 Å². The van der Waals surface area contributed by atoms with Crippen LogP contribution in [0.2, 0.25) is 0 Å². The maximum atomic E-state index is 11.9. The molecule has 33 heavy (non-hydrogen) atoms. The van der Waals surface area contributed by atoms with Gasteiger partial charge >= 0.3 is 5.97 Å². The van der Waals surface area contributed by atoms with Gasteiger partial charge < -0.3 is 14.3 Å². The lowest BCUT2D eigenvalue weighted by Gasteiger charge is -2.03. The van der Waals surface area contributed by atoms with E-state index >= 15 is 0 Å². The zero-order valence-electron chi connectivity index (χ0n) is 20.3. The average molecular weight is 463 g/mol. The van der Waals surface area contributed by atoms with Crippen molar-refractivity contribution in [1.82, 2.24) is 0 Å². The van der Waals surface area contributed by atoms with Crippen LogP contribution in [0.5, 0.6) is 5.95 Å². The van der Waals surface area contributed by atoms with Crippen molar-refractivity contribution in [2.45, 2.75) is 110 Å². The molecule has 1 N–H and O–H groups in total. The van der Waals surface area contributed by atoms with Crippen molar-refractivity contribution in [2.75, 3.05) is 6.61 Å². The summed E-state index contributed by atoms with van der Waals surface area (Å²) in [6, 6.07) is 1.45. The zero-order chi connectivity index (χ0) is 24.2. The van der Waals surface area contributed by atoms with Crippen LogP contribution >= 0.6 is 0 Å². The van der Waals surface area contributed by atoms with Crippen LogP contribution in [0.3, 0.4) is 0 Å². The van der Waals surface area contributed by atoms with Crippen molar-refractivity contribution in [2.24, 2.45) is 0 Å². The Morgan fingerprint density at radius 2 is 1.42 bits per heavy atom. The molecule has 6 nitrogen and oxygen atoms in total. The van der Waals surface area contributed by atoms with E-state index in [0.717, 1.165) is 12.8 Å². The summed E-state index contributed by atoms with van der Waals surface area (Å²) in [4.78, 5) is 33.9. The number of carboxylic acid groups (broad SMARTS) is 1. The molecular formula is C27H42O6. The van der Waals surface area contributed by atoms with Gasteiger partial charge in [0.2, 0.25) is 0 Å². The van der Waals surface area contributed by atoms with Gasteiger partial charge in [-0.2, -0.15) is 0 Å². The number of ether oxygens (including phenoxy) is 1. The van der Waals surface area contributed by atoms with Crippen LogP contribution in [0.25, 0.3) is 0 Å². The molecule has 1 rings (SSSR count). The van der Waals surface area contributed by atoms with Gasteiger partial charge in [-0.1, -0.05) is 76.9 Å². The quantitative estimate of drug-likeness (QED) is 0.0840. The molecule has 0 unspecified atom stereocenters. The summed E-state index contributed by atoms with van der Waals surface area (Å²) in [6.45, 7) is 2.77. The van der Waals surface area contributed by atoms with E-state index in [1.54, 1.807) is 0 Å². The van der Waals surface area contributed by atoms with E-state index in [0.29, 0.717) is 6.61 Å². The molecule has 1 aromatic rings. The first kappa shape index (κ1) is 28.7. The van der Waals surface area contributed by atoms with Gasteiger partial charge in [0, 0.05) is 6.07 Å². The summed E-state index contributed by atoms with van der Waals surface area (Å²) in [5.74, 6) is -2.08. The summed E-state index contributed by atoms with van der Waals surface area (Å²) < 4.78 is 10.7. The Hall–Kier alpha value is -2.37. The zero-order valence-corrected chi connectivity index (χ0v) is 20.3. The van der Waals surface area contributed by atoms with Crippen LogP contribution in [0, 0.1) is 0 Å². The highest BCUT2D eigenvalue weighted by molar-refractivity contribution is 6.11. The molecule has 0 amide bonds. The van der Waals surface area contributed by atoms with E-state index in [9.17, 15) is 14.4 Å². The Morgan fingerprint density at radius 1 is 0.848 bits per heavy atom. The van der Waals surface area contributed by atoms with Crippen molar-refractivity contribution in [1.29, 1.82) is 0 Å².